The van der Waals surface area contributed by atoms with E-state index in [0.29, 0.717) is 0 Å². The topological polar surface area (TPSA) is 40.5 Å². The van der Waals surface area contributed by atoms with Crippen molar-refractivity contribution >= 4 is 24.2 Å². The molecule has 78 valence electrons. The highest BCUT2D eigenvalue weighted by atomic mass is 35.5. The van der Waals surface area contributed by atoms with Gasteiger partial charge in [-0.15, -0.1) is 0 Å². The first-order valence-electron chi connectivity index (χ1n) is 3.98. The second-order valence-corrected chi connectivity index (χ2v) is 3.66. The first-order valence-corrected chi connectivity index (χ1v) is 4.99. The lowest BCUT2D eigenvalue weighted by Crippen LogP contribution is -2.20. The zero-order chi connectivity index (χ0) is 10.7. The molecule has 14 heavy (non-hydrogen) atoms. The average Bonchev–Trinajstić information content (AvgIpc) is 2.15. The summed E-state index contributed by atoms with van der Waals surface area (Å²) in [4.78, 5) is 0. The molecule has 0 aliphatic rings. The number of aliphatic hydroxyl groups excluding tert-OH is 2. The SMILES string of the molecule is OC(CS)C(O)c1ccc(Cl)cc1F. The van der Waals surface area contributed by atoms with Crippen LogP contribution >= 0.6 is 24.2 Å². The molecule has 0 heterocycles. The summed E-state index contributed by atoms with van der Waals surface area (Å²) in [6, 6.07) is 3.88. The van der Waals surface area contributed by atoms with Crippen LogP contribution in [0.3, 0.4) is 0 Å². The number of aliphatic hydroxyl groups is 2. The Kier molecular flexibility index (Phi) is 4.19. The van der Waals surface area contributed by atoms with E-state index >= 15 is 0 Å². The Hall–Kier alpha value is -0.290. The molecule has 0 aliphatic carbocycles. The molecule has 0 aromatic heterocycles. The summed E-state index contributed by atoms with van der Waals surface area (Å²) in [5.74, 6) is -0.575. The Labute approximate surface area is 91.7 Å². The predicted molar refractivity (Wildman–Crippen MR) is 56.2 cm³/mol. The lowest BCUT2D eigenvalue weighted by Gasteiger charge is -2.16. The maximum absolute atomic E-state index is 13.2. The number of halogens is 2. The standard InChI is InChI=1S/C9H10ClFO2S/c10-5-1-2-6(7(11)3-5)9(13)8(12)4-14/h1-3,8-9,12-14H,4H2. The fraction of sp³-hybridized carbons (Fsp3) is 0.333. The van der Waals surface area contributed by atoms with Crippen molar-refractivity contribution in [2.45, 2.75) is 12.2 Å². The highest BCUT2D eigenvalue weighted by molar-refractivity contribution is 7.80. The number of benzene rings is 1. The minimum Gasteiger partial charge on any atom is -0.389 e. The van der Waals surface area contributed by atoms with Crippen LogP contribution in [0.4, 0.5) is 4.39 Å². The highest BCUT2D eigenvalue weighted by Crippen LogP contribution is 2.23. The largest absolute Gasteiger partial charge is 0.389 e. The smallest absolute Gasteiger partial charge is 0.130 e. The molecule has 0 bridgehead atoms. The maximum Gasteiger partial charge on any atom is 0.130 e. The minimum absolute atomic E-state index is 0.0240. The number of rotatable bonds is 3. The Balaban J connectivity index is 2.95. The summed E-state index contributed by atoms with van der Waals surface area (Å²) in [6.45, 7) is 0. The Morgan fingerprint density at radius 2 is 2.07 bits per heavy atom. The van der Waals surface area contributed by atoms with Gasteiger partial charge in [-0.05, 0) is 12.1 Å². The predicted octanol–water partition coefficient (Wildman–Crippen LogP) is 1.80. The summed E-state index contributed by atoms with van der Waals surface area (Å²) < 4.78 is 13.2. The molecule has 0 spiro atoms. The summed E-state index contributed by atoms with van der Waals surface area (Å²) in [6.07, 6.45) is -2.36. The van der Waals surface area contributed by atoms with Crippen molar-refractivity contribution in [3.05, 3.63) is 34.6 Å². The van der Waals surface area contributed by atoms with Crippen molar-refractivity contribution in [3.63, 3.8) is 0 Å². The third kappa shape index (κ3) is 2.60. The summed E-state index contributed by atoms with van der Waals surface area (Å²) >= 11 is 9.34. The van der Waals surface area contributed by atoms with Gasteiger partial charge < -0.3 is 10.2 Å². The van der Waals surface area contributed by atoms with Gasteiger partial charge in [0, 0.05) is 16.3 Å². The van der Waals surface area contributed by atoms with E-state index in [0.717, 1.165) is 6.07 Å². The molecule has 1 aromatic carbocycles. The van der Waals surface area contributed by atoms with Gasteiger partial charge >= 0.3 is 0 Å². The fourth-order valence-corrected chi connectivity index (χ4v) is 1.41. The van der Waals surface area contributed by atoms with Crippen molar-refractivity contribution in [2.75, 3.05) is 5.75 Å². The van der Waals surface area contributed by atoms with Crippen LogP contribution < -0.4 is 0 Å². The van der Waals surface area contributed by atoms with E-state index in [1.165, 1.54) is 12.1 Å². The molecule has 2 N–H and O–H groups in total. The molecule has 0 aliphatic heterocycles. The molecule has 0 fully saturated rings. The van der Waals surface area contributed by atoms with Crippen molar-refractivity contribution in [2.24, 2.45) is 0 Å². The van der Waals surface area contributed by atoms with Gasteiger partial charge in [0.2, 0.25) is 0 Å². The van der Waals surface area contributed by atoms with Crippen LogP contribution in [0.25, 0.3) is 0 Å². The zero-order valence-electron chi connectivity index (χ0n) is 7.19. The number of hydrogen-bond acceptors (Lipinski definition) is 3. The second-order valence-electron chi connectivity index (χ2n) is 2.86. The van der Waals surface area contributed by atoms with Crippen LogP contribution in [0.15, 0.2) is 18.2 Å². The minimum atomic E-state index is -1.27. The third-order valence-electron chi connectivity index (χ3n) is 1.83. The monoisotopic (exact) mass is 236 g/mol. The molecule has 0 radical (unpaired) electrons. The van der Waals surface area contributed by atoms with Crippen LogP contribution in [0, 0.1) is 5.82 Å². The van der Waals surface area contributed by atoms with Crippen molar-refractivity contribution < 1.29 is 14.6 Å². The van der Waals surface area contributed by atoms with E-state index in [1.807, 2.05) is 0 Å². The van der Waals surface area contributed by atoms with Crippen LogP contribution in [0.5, 0.6) is 0 Å². The number of hydrogen-bond donors (Lipinski definition) is 3. The molecule has 2 unspecified atom stereocenters. The lowest BCUT2D eigenvalue weighted by molar-refractivity contribution is 0.0315. The van der Waals surface area contributed by atoms with Gasteiger partial charge in [-0.2, -0.15) is 12.6 Å². The zero-order valence-corrected chi connectivity index (χ0v) is 8.84. The average molecular weight is 237 g/mol. The molecule has 1 aromatic rings. The van der Waals surface area contributed by atoms with Crippen LogP contribution in [0.1, 0.15) is 11.7 Å². The first-order chi connectivity index (χ1) is 6.56. The molecule has 2 atom stereocenters. The maximum atomic E-state index is 13.2. The van der Waals surface area contributed by atoms with Crippen molar-refractivity contribution in [3.8, 4) is 0 Å². The molecule has 0 saturated heterocycles. The third-order valence-corrected chi connectivity index (χ3v) is 2.44. The molecular weight excluding hydrogens is 227 g/mol. The van der Waals surface area contributed by atoms with Gasteiger partial charge in [0.25, 0.3) is 0 Å². The van der Waals surface area contributed by atoms with E-state index < -0.39 is 18.0 Å². The molecule has 2 nitrogen and oxygen atoms in total. The normalized spacial score (nSPS) is 15.2. The van der Waals surface area contributed by atoms with Gasteiger partial charge in [0.1, 0.15) is 11.9 Å². The summed E-state index contributed by atoms with van der Waals surface area (Å²) in [5, 5.41) is 19.0. The van der Waals surface area contributed by atoms with Gasteiger partial charge in [-0.1, -0.05) is 17.7 Å². The van der Waals surface area contributed by atoms with Gasteiger partial charge in [-0.25, -0.2) is 4.39 Å². The van der Waals surface area contributed by atoms with Crippen LogP contribution in [-0.4, -0.2) is 22.1 Å². The van der Waals surface area contributed by atoms with Crippen LogP contribution in [0.2, 0.25) is 5.02 Å². The molecule has 0 amide bonds. The van der Waals surface area contributed by atoms with E-state index in [2.05, 4.69) is 12.6 Å². The van der Waals surface area contributed by atoms with Crippen molar-refractivity contribution in [1.82, 2.24) is 0 Å². The lowest BCUT2D eigenvalue weighted by atomic mass is 10.1. The van der Waals surface area contributed by atoms with Gasteiger partial charge in [-0.3, -0.25) is 0 Å². The Bertz CT molecular complexity index is 322. The van der Waals surface area contributed by atoms with Crippen molar-refractivity contribution in [1.29, 1.82) is 0 Å². The molecule has 0 saturated carbocycles. The quantitative estimate of drug-likeness (QED) is 0.701. The first kappa shape index (κ1) is 11.8. The summed E-state index contributed by atoms with van der Waals surface area (Å²) in [7, 11) is 0. The molecule has 1 rings (SSSR count). The van der Waals surface area contributed by atoms with Gasteiger partial charge in [0.15, 0.2) is 0 Å². The fourth-order valence-electron chi connectivity index (χ4n) is 1.05. The summed E-state index contributed by atoms with van der Waals surface area (Å²) in [5.41, 5.74) is 0.0240. The Morgan fingerprint density at radius 3 is 2.57 bits per heavy atom. The van der Waals surface area contributed by atoms with E-state index in [9.17, 15) is 14.6 Å². The Morgan fingerprint density at radius 1 is 1.43 bits per heavy atom. The van der Waals surface area contributed by atoms with Gasteiger partial charge in [0.05, 0.1) is 6.10 Å². The molecular formula is C9H10ClFO2S. The second kappa shape index (κ2) is 4.98. The molecule has 5 heteroatoms. The van der Waals surface area contributed by atoms with E-state index in [-0.39, 0.29) is 16.3 Å². The van der Waals surface area contributed by atoms with E-state index in [4.69, 9.17) is 11.6 Å². The number of thiol groups is 1. The van der Waals surface area contributed by atoms with E-state index in [1.54, 1.807) is 0 Å². The van der Waals surface area contributed by atoms with Crippen LogP contribution in [-0.2, 0) is 0 Å². The highest BCUT2D eigenvalue weighted by Gasteiger charge is 2.20.